The molecule has 1 aliphatic heterocycles. The van der Waals surface area contributed by atoms with E-state index >= 15 is 0 Å². The summed E-state index contributed by atoms with van der Waals surface area (Å²) in [6.45, 7) is 2.82. The first-order valence-corrected chi connectivity index (χ1v) is 7.02. The zero-order chi connectivity index (χ0) is 13.7. The maximum absolute atomic E-state index is 12.0. The van der Waals surface area contributed by atoms with Gasteiger partial charge in [0.25, 0.3) is 0 Å². The van der Waals surface area contributed by atoms with Crippen LogP contribution in [-0.2, 0) is 9.59 Å². The lowest BCUT2D eigenvalue weighted by atomic mass is 10.3. The smallest absolute Gasteiger partial charge is 0.313 e. The average molecular weight is 326 g/mol. The zero-order valence-corrected chi connectivity index (χ0v) is 12.1. The van der Waals surface area contributed by atoms with Crippen molar-refractivity contribution < 1.29 is 9.59 Å². The van der Waals surface area contributed by atoms with Gasteiger partial charge in [0.2, 0.25) is 0 Å². The third kappa shape index (κ3) is 4.04. The van der Waals surface area contributed by atoms with Crippen molar-refractivity contribution in [3.05, 3.63) is 28.7 Å². The number of benzene rings is 1. The summed E-state index contributed by atoms with van der Waals surface area (Å²) in [6.07, 6.45) is 0.872. The molecule has 1 aromatic carbocycles. The number of carbonyl (C=O) groups is 2. The zero-order valence-electron chi connectivity index (χ0n) is 10.5. The van der Waals surface area contributed by atoms with Gasteiger partial charge in [0.05, 0.1) is 0 Å². The largest absolute Gasteiger partial charge is 0.333 e. The number of hydrogen-bond acceptors (Lipinski definition) is 3. The van der Waals surface area contributed by atoms with E-state index in [-0.39, 0.29) is 0 Å². The molecule has 0 aliphatic carbocycles. The average Bonchev–Trinajstić information content (AvgIpc) is 2.69. The number of carbonyl (C=O) groups excluding carboxylic acids is 2. The maximum Gasteiger partial charge on any atom is 0.313 e. The lowest BCUT2D eigenvalue weighted by Crippen LogP contribution is -2.41. The second-order valence-electron chi connectivity index (χ2n) is 4.36. The fourth-order valence-electron chi connectivity index (χ4n) is 1.91. The Bertz CT molecular complexity index is 453. The molecule has 1 aliphatic rings. The first-order chi connectivity index (χ1) is 9.16. The minimum absolute atomic E-state index is 0.466. The van der Waals surface area contributed by atoms with Crippen LogP contribution >= 0.6 is 15.9 Å². The topological polar surface area (TPSA) is 61.4 Å². The number of anilines is 1. The summed E-state index contributed by atoms with van der Waals surface area (Å²) < 4.78 is 0.926. The summed E-state index contributed by atoms with van der Waals surface area (Å²) in [5.74, 6) is -1.05. The maximum atomic E-state index is 12.0. The van der Waals surface area contributed by atoms with Crippen LogP contribution < -0.4 is 10.6 Å². The van der Waals surface area contributed by atoms with E-state index in [9.17, 15) is 9.59 Å². The number of nitrogens with zero attached hydrogens (tertiary/aromatic N) is 1. The van der Waals surface area contributed by atoms with E-state index in [0.29, 0.717) is 18.8 Å². The number of halogens is 1. The number of amides is 2. The van der Waals surface area contributed by atoms with E-state index < -0.39 is 11.8 Å². The summed E-state index contributed by atoms with van der Waals surface area (Å²) >= 11 is 3.32. The third-order valence-electron chi connectivity index (χ3n) is 2.92. The highest BCUT2D eigenvalue weighted by molar-refractivity contribution is 9.10. The first kappa shape index (κ1) is 14.0. The molecule has 5 nitrogen and oxygen atoms in total. The van der Waals surface area contributed by atoms with Crippen molar-refractivity contribution in [1.29, 1.82) is 0 Å². The minimum atomic E-state index is -0.579. The molecule has 1 saturated heterocycles. The van der Waals surface area contributed by atoms with E-state index in [1.54, 1.807) is 17.0 Å². The number of rotatable bonds is 1. The Morgan fingerprint density at radius 2 is 1.89 bits per heavy atom. The predicted octanol–water partition coefficient (Wildman–Crippen LogP) is 1.21. The van der Waals surface area contributed by atoms with Crippen molar-refractivity contribution in [2.24, 2.45) is 0 Å². The predicted molar refractivity (Wildman–Crippen MR) is 76.8 cm³/mol. The highest BCUT2D eigenvalue weighted by atomic mass is 79.9. The fraction of sp³-hybridized carbons (Fsp3) is 0.385. The van der Waals surface area contributed by atoms with Crippen LogP contribution in [0.25, 0.3) is 0 Å². The molecule has 0 radical (unpaired) electrons. The van der Waals surface area contributed by atoms with Gasteiger partial charge < -0.3 is 15.5 Å². The molecule has 1 heterocycles. The highest BCUT2D eigenvalue weighted by Gasteiger charge is 2.22. The molecule has 6 heteroatoms. The molecule has 0 spiro atoms. The molecule has 2 N–H and O–H groups in total. The quantitative estimate of drug-likeness (QED) is 0.763. The molecular weight excluding hydrogens is 310 g/mol. The second kappa shape index (κ2) is 6.68. The second-order valence-corrected chi connectivity index (χ2v) is 5.27. The van der Waals surface area contributed by atoms with Crippen LogP contribution in [0, 0.1) is 0 Å². The summed E-state index contributed by atoms with van der Waals surface area (Å²) in [7, 11) is 0. The van der Waals surface area contributed by atoms with Gasteiger partial charge in [0.1, 0.15) is 0 Å². The Morgan fingerprint density at radius 1 is 1.16 bits per heavy atom. The fourth-order valence-corrected chi connectivity index (χ4v) is 2.17. The SMILES string of the molecule is O=C(Nc1ccc(Br)cc1)C(=O)N1CCCNCC1. The molecule has 102 valence electrons. The molecule has 0 saturated carbocycles. The Kier molecular flexibility index (Phi) is 4.93. The van der Waals surface area contributed by atoms with E-state index in [1.165, 1.54) is 0 Å². The van der Waals surface area contributed by atoms with Crippen molar-refractivity contribution >= 4 is 33.4 Å². The molecule has 0 aromatic heterocycles. The van der Waals surface area contributed by atoms with Gasteiger partial charge in [-0.25, -0.2) is 0 Å². The van der Waals surface area contributed by atoms with Crippen molar-refractivity contribution in [1.82, 2.24) is 10.2 Å². The van der Waals surface area contributed by atoms with E-state index in [2.05, 4.69) is 26.6 Å². The van der Waals surface area contributed by atoms with Crippen LogP contribution in [0.5, 0.6) is 0 Å². The molecule has 0 bridgehead atoms. The molecule has 0 atom stereocenters. The summed E-state index contributed by atoms with van der Waals surface area (Å²) in [6, 6.07) is 7.13. The molecule has 19 heavy (non-hydrogen) atoms. The van der Waals surface area contributed by atoms with E-state index in [0.717, 1.165) is 24.0 Å². The standard InChI is InChI=1S/C13H16BrN3O2/c14-10-2-4-11(5-3-10)16-12(18)13(19)17-8-1-6-15-7-9-17/h2-5,15H,1,6-9H2,(H,16,18). The van der Waals surface area contributed by atoms with Gasteiger partial charge in [0.15, 0.2) is 0 Å². The third-order valence-corrected chi connectivity index (χ3v) is 3.45. The summed E-state index contributed by atoms with van der Waals surface area (Å²) in [5, 5.41) is 5.81. The van der Waals surface area contributed by atoms with Gasteiger partial charge in [-0.2, -0.15) is 0 Å². The van der Waals surface area contributed by atoms with Gasteiger partial charge in [-0.1, -0.05) is 15.9 Å². The van der Waals surface area contributed by atoms with E-state index in [4.69, 9.17) is 0 Å². The summed E-state index contributed by atoms with van der Waals surface area (Å²) in [4.78, 5) is 25.5. The lowest BCUT2D eigenvalue weighted by Gasteiger charge is -2.19. The Labute approximate surface area is 120 Å². The van der Waals surface area contributed by atoms with Gasteiger partial charge in [-0.3, -0.25) is 9.59 Å². The monoisotopic (exact) mass is 325 g/mol. The Balaban J connectivity index is 1.94. The van der Waals surface area contributed by atoms with Crippen LogP contribution in [0.3, 0.4) is 0 Å². The molecule has 2 amide bonds. The van der Waals surface area contributed by atoms with Crippen LogP contribution in [0.4, 0.5) is 5.69 Å². The van der Waals surface area contributed by atoms with Crippen molar-refractivity contribution in [2.45, 2.75) is 6.42 Å². The van der Waals surface area contributed by atoms with Gasteiger partial charge in [-0.05, 0) is 37.2 Å². The van der Waals surface area contributed by atoms with Crippen molar-refractivity contribution in [2.75, 3.05) is 31.5 Å². The van der Waals surface area contributed by atoms with E-state index in [1.807, 2.05) is 12.1 Å². The Morgan fingerprint density at radius 3 is 2.63 bits per heavy atom. The highest BCUT2D eigenvalue weighted by Crippen LogP contribution is 2.14. The molecule has 1 aromatic rings. The van der Waals surface area contributed by atoms with Gasteiger partial charge in [-0.15, -0.1) is 0 Å². The van der Waals surface area contributed by atoms with Crippen molar-refractivity contribution in [3.8, 4) is 0 Å². The number of hydrogen-bond donors (Lipinski definition) is 2. The Hall–Kier alpha value is -1.40. The normalized spacial score (nSPS) is 15.7. The van der Waals surface area contributed by atoms with Gasteiger partial charge in [0, 0.05) is 29.8 Å². The molecule has 1 fully saturated rings. The van der Waals surface area contributed by atoms with Gasteiger partial charge >= 0.3 is 11.8 Å². The van der Waals surface area contributed by atoms with Crippen LogP contribution in [-0.4, -0.2) is 42.9 Å². The molecule has 0 unspecified atom stereocenters. The number of nitrogens with one attached hydrogen (secondary N) is 2. The molecular formula is C13H16BrN3O2. The van der Waals surface area contributed by atoms with Crippen LogP contribution in [0.15, 0.2) is 28.7 Å². The van der Waals surface area contributed by atoms with Crippen LogP contribution in [0.2, 0.25) is 0 Å². The molecule has 2 rings (SSSR count). The van der Waals surface area contributed by atoms with Crippen LogP contribution in [0.1, 0.15) is 6.42 Å². The summed E-state index contributed by atoms with van der Waals surface area (Å²) in [5.41, 5.74) is 0.620. The first-order valence-electron chi connectivity index (χ1n) is 6.23. The minimum Gasteiger partial charge on any atom is -0.333 e. The lowest BCUT2D eigenvalue weighted by molar-refractivity contribution is -0.143. The van der Waals surface area contributed by atoms with Crippen molar-refractivity contribution in [3.63, 3.8) is 0 Å².